The number of para-hydroxylation sites is 1. The summed E-state index contributed by atoms with van der Waals surface area (Å²) in [6.45, 7) is -0.254. The second-order valence-corrected chi connectivity index (χ2v) is 7.60. The van der Waals surface area contributed by atoms with E-state index in [1.165, 1.54) is 4.90 Å². The zero-order valence-electron chi connectivity index (χ0n) is 13.0. The molecule has 2 heterocycles. The van der Waals surface area contributed by atoms with Gasteiger partial charge in [0.1, 0.15) is 17.2 Å². The van der Waals surface area contributed by atoms with Crippen molar-refractivity contribution in [2.75, 3.05) is 17.7 Å². The molecular formula is C16H15BrN2O5S. The molecule has 1 saturated heterocycles. The van der Waals surface area contributed by atoms with Crippen LogP contribution in [0.5, 0.6) is 5.75 Å². The van der Waals surface area contributed by atoms with E-state index in [0.717, 1.165) is 0 Å². The van der Waals surface area contributed by atoms with Gasteiger partial charge in [-0.15, -0.1) is 0 Å². The lowest BCUT2D eigenvalue weighted by molar-refractivity contribution is -0.147. The number of fused-ring (bicyclic) bond motifs is 1. The van der Waals surface area contributed by atoms with Crippen molar-refractivity contribution >= 4 is 44.8 Å². The third kappa shape index (κ3) is 3.38. The van der Waals surface area contributed by atoms with Crippen molar-refractivity contribution < 1.29 is 23.3 Å². The molecule has 7 nitrogen and oxygen atoms in total. The minimum atomic E-state index is -1.38. The van der Waals surface area contributed by atoms with Gasteiger partial charge in [0.05, 0.1) is 16.5 Å². The molecule has 2 amide bonds. The Hall–Kier alpha value is -2.00. The van der Waals surface area contributed by atoms with E-state index < -0.39 is 34.0 Å². The van der Waals surface area contributed by atoms with E-state index in [4.69, 9.17) is 4.74 Å². The Morgan fingerprint density at radius 2 is 2.12 bits per heavy atom. The average Bonchev–Trinajstić information content (AvgIpc) is 2.64. The van der Waals surface area contributed by atoms with Gasteiger partial charge in [-0.05, 0) is 17.7 Å². The second kappa shape index (κ2) is 7.49. The molecule has 0 bridgehead atoms. The van der Waals surface area contributed by atoms with Gasteiger partial charge in [-0.1, -0.05) is 34.1 Å². The number of amides is 2. The molecule has 1 fully saturated rings. The number of alkyl halides is 1. The van der Waals surface area contributed by atoms with Crippen LogP contribution in [-0.4, -0.2) is 56.3 Å². The Morgan fingerprint density at radius 1 is 1.40 bits per heavy atom. The number of ether oxygens (including phenoxy) is 1. The number of nitrogens with one attached hydrogen (secondary N) is 1. The monoisotopic (exact) mass is 426 g/mol. The number of hydrogen-bond donors (Lipinski definition) is 1. The molecule has 0 saturated carbocycles. The Labute approximate surface area is 155 Å². The summed E-state index contributed by atoms with van der Waals surface area (Å²) in [6.07, 6.45) is 0.592. The molecule has 3 rings (SSSR count). The number of rotatable bonds is 6. The Morgan fingerprint density at radius 3 is 2.76 bits per heavy atom. The molecule has 25 heavy (non-hydrogen) atoms. The van der Waals surface area contributed by atoms with E-state index in [2.05, 4.69) is 21.2 Å². The number of carbonyl (C=O) groups excluding carboxylic acids is 3. The van der Waals surface area contributed by atoms with Gasteiger partial charge in [-0.3, -0.25) is 23.5 Å². The van der Waals surface area contributed by atoms with E-state index >= 15 is 0 Å². The van der Waals surface area contributed by atoms with E-state index in [-0.39, 0.29) is 18.1 Å². The summed E-state index contributed by atoms with van der Waals surface area (Å²) in [6, 6.07) is 7.90. The number of allylic oxidation sites excluding steroid dienone is 1. The van der Waals surface area contributed by atoms with Crippen molar-refractivity contribution in [3.8, 4) is 5.75 Å². The second-order valence-electron chi connectivity index (χ2n) is 5.51. The van der Waals surface area contributed by atoms with Crippen LogP contribution in [0.15, 0.2) is 41.6 Å². The van der Waals surface area contributed by atoms with Crippen LogP contribution in [0, 0.1) is 0 Å². The number of carbonyl (C=O) groups is 3. The van der Waals surface area contributed by atoms with Gasteiger partial charge in [0.25, 0.3) is 11.8 Å². The van der Waals surface area contributed by atoms with Crippen LogP contribution >= 0.6 is 15.9 Å². The quantitative estimate of drug-likeness (QED) is 0.401. The SMILES string of the molecule is O=CC1=C(CBr)CS(=O)[C@@H]2C(NC(=O)COc3ccccc3)C(=O)N12. The standard InChI is InChI=1S/C16H15BrN2O5S/c17-6-10-9-25(23)16-14(15(22)19(16)12(10)7-20)18-13(21)8-24-11-4-2-1-3-5-11/h1-5,7,14,16H,6,8-9H2,(H,18,21)/t14?,16-,25?/m1/s1. The van der Waals surface area contributed by atoms with Gasteiger partial charge in [0, 0.05) is 11.1 Å². The summed E-state index contributed by atoms with van der Waals surface area (Å²) in [5.74, 6) is -0.192. The lowest BCUT2D eigenvalue weighted by atomic mass is 10.0. The average molecular weight is 427 g/mol. The van der Waals surface area contributed by atoms with Crippen LogP contribution in [0.3, 0.4) is 0 Å². The highest BCUT2D eigenvalue weighted by atomic mass is 79.9. The molecule has 0 aliphatic carbocycles. The molecule has 132 valence electrons. The zero-order chi connectivity index (χ0) is 18.0. The third-order valence-electron chi connectivity index (χ3n) is 3.95. The van der Waals surface area contributed by atoms with Crippen molar-refractivity contribution in [2.24, 2.45) is 0 Å². The van der Waals surface area contributed by atoms with Gasteiger partial charge in [-0.25, -0.2) is 0 Å². The zero-order valence-corrected chi connectivity index (χ0v) is 15.4. The van der Waals surface area contributed by atoms with E-state index in [1.807, 2.05) is 6.07 Å². The first-order valence-electron chi connectivity index (χ1n) is 7.47. The maximum atomic E-state index is 12.4. The summed E-state index contributed by atoms with van der Waals surface area (Å²) in [7, 11) is -1.38. The van der Waals surface area contributed by atoms with Gasteiger partial charge in [0.2, 0.25) is 0 Å². The maximum Gasteiger partial charge on any atom is 0.258 e. The molecule has 1 aromatic rings. The highest BCUT2D eigenvalue weighted by Crippen LogP contribution is 2.34. The van der Waals surface area contributed by atoms with Crippen LogP contribution in [0.4, 0.5) is 0 Å². The van der Waals surface area contributed by atoms with Crippen LogP contribution in [0.1, 0.15) is 0 Å². The molecule has 0 spiro atoms. The first-order valence-corrected chi connectivity index (χ1v) is 9.97. The maximum absolute atomic E-state index is 12.4. The molecule has 1 aromatic carbocycles. The van der Waals surface area contributed by atoms with E-state index in [9.17, 15) is 18.6 Å². The Kier molecular flexibility index (Phi) is 5.33. The van der Waals surface area contributed by atoms with Crippen LogP contribution in [0.2, 0.25) is 0 Å². The summed E-state index contributed by atoms with van der Waals surface area (Å²) in [5, 5.41) is 2.20. The predicted molar refractivity (Wildman–Crippen MR) is 94.4 cm³/mol. The number of benzene rings is 1. The molecule has 9 heteroatoms. The molecule has 2 aliphatic heterocycles. The van der Waals surface area contributed by atoms with Crippen molar-refractivity contribution in [1.82, 2.24) is 10.2 Å². The van der Waals surface area contributed by atoms with E-state index in [1.54, 1.807) is 24.3 Å². The first kappa shape index (κ1) is 17.8. The summed E-state index contributed by atoms with van der Waals surface area (Å²) in [5.41, 5.74) is 0.854. The Bertz CT molecular complexity index is 767. The summed E-state index contributed by atoms with van der Waals surface area (Å²) >= 11 is 3.23. The van der Waals surface area contributed by atoms with Crippen molar-refractivity contribution in [2.45, 2.75) is 11.4 Å². The van der Waals surface area contributed by atoms with Gasteiger partial charge in [-0.2, -0.15) is 0 Å². The number of hydrogen-bond acceptors (Lipinski definition) is 5. The van der Waals surface area contributed by atoms with Crippen LogP contribution in [0.25, 0.3) is 0 Å². The molecule has 0 radical (unpaired) electrons. The minimum absolute atomic E-state index is 0.195. The fourth-order valence-corrected chi connectivity index (χ4v) is 5.20. The summed E-state index contributed by atoms with van der Waals surface area (Å²) in [4.78, 5) is 36.8. The van der Waals surface area contributed by atoms with Crippen molar-refractivity contribution in [3.05, 3.63) is 41.6 Å². The molecule has 0 aromatic heterocycles. The lowest BCUT2D eigenvalue weighted by Gasteiger charge is -2.48. The first-order chi connectivity index (χ1) is 12.1. The minimum Gasteiger partial charge on any atom is -0.484 e. The fraction of sp³-hybridized carbons (Fsp3) is 0.312. The predicted octanol–water partition coefficient (Wildman–Crippen LogP) is 0.329. The number of aldehydes is 1. The summed E-state index contributed by atoms with van der Waals surface area (Å²) < 4.78 is 17.7. The lowest BCUT2D eigenvalue weighted by Crippen LogP contribution is -2.73. The third-order valence-corrected chi connectivity index (χ3v) is 6.28. The van der Waals surface area contributed by atoms with Crippen LogP contribution in [-0.2, 0) is 25.2 Å². The number of nitrogens with zero attached hydrogens (tertiary/aromatic N) is 1. The molecule has 2 aliphatic rings. The van der Waals surface area contributed by atoms with Gasteiger partial charge < -0.3 is 10.1 Å². The van der Waals surface area contributed by atoms with Crippen molar-refractivity contribution in [1.29, 1.82) is 0 Å². The molecule has 1 N–H and O–H groups in total. The Balaban J connectivity index is 1.64. The van der Waals surface area contributed by atoms with E-state index in [0.29, 0.717) is 22.9 Å². The molecule has 3 atom stereocenters. The highest BCUT2D eigenvalue weighted by molar-refractivity contribution is 9.09. The van der Waals surface area contributed by atoms with Crippen LogP contribution < -0.4 is 10.1 Å². The highest BCUT2D eigenvalue weighted by Gasteiger charge is 2.55. The van der Waals surface area contributed by atoms with Gasteiger partial charge in [0.15, 0.2) is 12.9 Å². The normalized spacial score (nSPS) is 25.1. The largest absolute Gasteiger partial charge is 0.484 e. The number of β-lactam (4-membered cyclic amide) rings is 1. The van der Waals surface area contributed by atoms with Crippen molar-refractivity contribution in [3.63, 3.8) is 0 Å². The fourth-order valence-electron chi connectivity index (χ4n) is 2.75. The topological polar surface area (TPSA) is 92.8 Å². The van der Waals surface area contributed by atoms with Gasteiger partial charge >= 0.3 is 0 Å². The smallest absolute Gasteiger partial charge is 0.258 e. The molecular weight excluding hydrogens is 412 g/mol. The number of halogens is 1. The molecule has 2 unspecified atom stereocenters.